The van der Waals surface area contributed by atoms with Crippen molar-refractivity contribution in [2.45, 2.75) is 20.3 Å². The van der Waals surface area contributed by atoms with Crippen molar-refractivity contribution in [3.63, 3.8) is 0 Å². The third kappa shape index (κ3) is 2.34. The molecule has 0 aliphatic carbocycles. The molecule has 1 fully saturated rings. The van der Waals surface area contributed by atoms with Gasteiger partial charge in [0.1, 0.15) is 5.92 Å². The minimum Gasteiger partial charge on any atom is -0.465 e. The summed E-state index contributed by atoms with van der Waals surface area (Å²) in [5.74, 6) is -3.51. The second-order valence-corrected chi connectivity index (χ2v) is 3.36. The molecule has 0 bridgehead atoms. The van der Waals surface area contributed by atoms with Gasteiger partial charge in [0, 0.05) is 5.92 Å². The molecule has 0 N–H and O–H groups in total. The molecule has 0 saturated carbocycles. The smallest absolute Gasteiger partial charge is 0.375 e. The second kappa shape index (κ2) is 4.91. The molecule has 1 saturated heterocycles. The predicted molar refractivity (Wildman–Crippen MR) is 49.9 cm³/mol. The van der Waals surface area contributed by atoms with Gasteiger partial charge in [0.15, 0.2) is 0 Å². The molecule has 15 heavy (non-hydrogen) atoms. The summed E-state index contributed by atoms with van der Waals surface area (Å²) in [6, 6.07) is 0. The molecular formula is C10H14O5. The number of hydrogen-bond acceptors (Lipinski definition) is 5. The van der Waals surface area contributed by atoms with Crippen LogP contribution in [0.4, 0.5) is 0 Å². The number of cyclic esters (lactones) is 1. The van der Waals surface area contributed by atoms with Gasteiger partial charge in [-0.25, -0.2) is 4.79 Å². The van der Waals surface area contributed by atoms with E-state index >= 15 is 0 Å². The highest BCUT2D eigenvalue weighted by molar-refractivity contribution is 6.38. The number of hydrogen-bond donors (Lipinski definition) is 0. The van der Waals surface area contributed by atoms with E-state index in [0.717, 1.165) is 0 Å². The highest BCUT2D eigenvalue weighted by Crippen LogP contribution is 2.26. The minimum atomic E-state index is -0.964. The fourth-order valence-electron chi connectivity index (χ4n) is 1.57. The number of ether oxygens (including phenoxy) is 2. The first-order valence-electron chi connectivity index (χ1n) is 4.99. The number of esters is 2. The normalized spacial score (nSPS) is 24.8. The molecule has 1 heterocycles. The first kappa shape index (κ1) is 11.7. The maximum absolute atomic E-state index is 11.5. The van der Waals surface area contributed by atoms with Gasteiger partial charge >= 0.3 is 11.9 Å². The Hall–Kier alpha value is -1.39. The van der Waals surface area contributed by atoms with Gasteiger partial charge in [0.05, 0.1) is 13.2 Å². The third-order valence-corrected chi connectivity index (χ3v) is 2.45. The second-order valence-electron chi connectivity index (χ2n) is 3.36. The molecule has 1 aliphatic heterocycles. The van der Waals surface area contributed by atoms with Crippen LogP contribution >= 0.6 is 0 Å². The van der Waals surface area contributed by atoms with Crippen molar-refractivity contribution in [1.29, 1.82) is 0 Å². The lowest BCUT2D eigenvalue weighted by molar-refractivity contribution is -0.159. The van der Waals surface area contributed by atoms with Crippen LogP contribution in [0.1, 0.15) is 20.3 Å². The van der Waals surface area contributed by atoms with Crippen molar-refractivity contribution in [2.75, 3.05) is 13.2 Å². The van der Waals surface area contributed by atoms with E-state index in [1.54, 1.807) is 6.92 Å². The van der Waals surface area contributed by atoms with Crippen LogP contribution in [-0.4, -0.2) is 30.9 Å². The Morgan fingerprint density at radius 1 is 1.47 bits per heavy atom. The Kier molecular flexibility index (Phi) is 3.82. The number of ketones is 1. The van der Waals surface area contributed by atoms with Crippen molar-refractivity contribution in [2.24, 2.45) is 11.8 Å². The maximum Gasteiger partial charge on any atom is 0.375 e. The zero-order valence-electron chi connectivity index (χ0n) is 8.82. The zero-order chi connectivity index (χ0) is 11.4. The van der Waals surface area contributed by atoms with Gasteiger partial charge in [-0.2, -0.15) is 0 Å². The standard InChI is InChI=1S/C10H14O5/c1-3-6-5-15-9(12)7(6)8(11)10(13)14-4-2/h6-7H,3-5H2,1-2H3. The molecule has 0 radical (unpaired) electrons. The zero-order valence-corrected chi connectivity index (χ0v) is 8.82. The predicted octanol–water partition coefficient (Wildman–Crippen LogP) is 0.318. The van der Waals surface area contributed by atoms with E-state index < -0.39 is 23.6 Å². The van der Waals surface area contributed by atoms with Gasteiger partial charge in [-0.3, -0.25) is 9.59 Å². The number of rotatable bonds is 4. The summed E-state index contributed by atoms with van der Waals surface area (Å²) < 4.78 is 9.31. The fraction of sp³-hybridized carbons (Fsp3) is 0.700. The molecule has 1 rings (SSSR count). The van der Waals surface area contributed by atoms with Gasteiger partial charge in [-0.1, -0.05) is 6.92 Å². The minimum absolute atomic E-state index is 0.128. The van der Waals surface area contributed by atoms with Crippen LogP contribution in [-0.2, 0) is 23.9 Å². The molecule has 2 unspecified atom stereocenters. The van der Waals surface area contributed by atoms with E-state index in [1.165, 1.54) is 0 Å². The van der Waals surface area contributed by atoms with Crippen molar-refractivity contribution >= 4 is 17.7 Å². The largest absolute Gasteiger partial charge is 0.465 e. The lowest BCUT2D eigenvalue weighted by Gasteiger charge is -2.10. The topological polar surface area (TPSA) is 69.7 Å². The van der Waals surface area contributed by atoms with E-state index in [1.807, 2.05) is 6.92 Å². The summed E-state index contributed by atoms with van der Waals surface area (Å²) in [5.41, 5.74) is 0. The Balaban J connectivity index is 2.72. The molecule has 0 aromatic heterocycles. The van der Waals surface area contributed by atoms with Gasteiger partial charge in [-0.05, 0) is 13.3 Å². The highest BCUT2D eigenvalue weighted by Gasteiger charge is 2.44. The number of Topliss-reactive ketones (excluding diaryl/α,β-unsaturated/α-hetero) is 1. The summed E-state index contributed by atoms with van der Waals surface area (Å²) in [7, 11) is 0. The van der Waals surface area contributed by atoms with E-state index in [4.69, 9.17) is 4.74 Å². The van der Waals surface area contributed by atoms with Crippen molar-refractivity contribution < 1.29 is 23.9 Å². The molecule has 0 amide bonds. The summed E-state index contributed by atoms with van der Waals surface area (Å²) in [6.45, 7) is 3.79. The fourth-order valence-corrected chi connectivity index (χ4v) is 1.57. The van der Waals surface area contributed by atoms with Crippen LogP contribution in [0, 0.1) is 11.8 Å². The lowest BCUT2D eigenvalue weighted by Crippen LogP contribution is -2.32. The van der Waals surface area contributed by atoms with Crippen LogP contribution in [0.15, 0.2) is 0 Å². The Morgan fingerprint density at radius 2 is 2.13 bits per heavy atom. The van der Waals surface area contributed by atoms with Gasteiger partial charge in [-0.15, -0.1) is 0 Å². The molecule has 2 atom stereocenters. The van der Waals surface area contributed by atoms with Crippen LogP contribution in [0.3, 0.4) is 0 Å². The molecular weight excluding hydrogens is 200 g/mol. The average Bonchev–Trinajstić information content (AvgIpc) is 2.58. The van der Waals surface area contributed by atoms with Crippen molar-refractivity contribution in [1.82, 2.24) is 0 Å². The molecule has 1 aliphatic rings. The molecule has 84 valence electrons. The summed E-state index contributed by atoms with van der Waals surface area (Å²) in [4.78, 5) is 33.9. The first-order chi connectivity index (χ1) is 7.11. The average molecular weight is 214 g/mol. The molecule has 0 aromatic rings. The summed E-state index contributed by atoms with van der Waals surface area (Å²) in [6.07, 6.45) is 0.627. The van der Waals surface area contributed by atoms with E-state index in [9.17, 15) is 14.4 Å². The van der Waals surface area contributed by atoms with Crippen LogP contribution in [0.2, 0.25) is 0 Å². The Bertz CT molecular complexity index is 284. The van der Waals surface area contributed by atoms with E-state index in [-0.39, 0.29) is 19.1 Å². The third-order valence-electron chi connectivity index (χ3n) is 2.45. The van der Waals surface area contributed by atoms with Crippen molar-refractivity contribution in [3.8, 4) is 0 Å². The van der Waals surface area contributed by atoms with Gasteiger partial charge in [0.2, 0.25) is 0 Å². The van der Waals surface area contributed by atoms with Gasteiger partial charge < -0.3 is 9.47 Å². The molecule has 0 aromatic carbocycles. The summed E-state index contributed by atoms with van der Waals surface area (Å²) >= 11 is 0. The SMILES string of the molecule is CCOC(=O)C(=O)C1C(=O)OCC1CC. The van der Waals surface area contributed by atoms with E-state index in [2.05, 4.69) is 4.74 Å². The monoisotopic (exact) mass is 214 g/mol. The lowest BCUT2D eigenvalue weighted by atomic mass is 9.89. The van der Waals surface area contributed by atoms with Crippen LogP contribution in [0.25, 0.3) is 0 Å². The highest BCUT2D eigenvalue weighted by atomic mass is 16.5. The quantitative estimate of drug-likeness (QED) is 0.383. The van der Waals surface area contributed by atoms with Gasteiger partial charge in [0.25, 0.3) is 5.78 Å². The first-order valence-corrected chi connectivity index (χ1v) is 4.99. The maximum atomic E-state index is 11.5. The Morgan fingerprint density at radius 3 is 2.67 bits per heavy atom. The molecule has 5 nitrogen and oxygen atoms in total. The number of carbonyl (C=O) groups excluding carboxylic acids is 3. The summed E-state index contributed by atoms with van der Waals surface area (Å²) in [5, 5.41) is 0. The van der Waals surface area contributed by atoms with Crippen molar-refractivity contribution in [3.05, 3.63) is 0 Å². The number of carbonyl (C=O) groups is 3. The van der Waals surface area contributed by atoms with E-state index in [0.29, 0.717) is 6.42 Å². The molecule has 0 spiro atoms. The van der Waals surface area contributed by atoms with Crippen LogP contribution < -0.4 is 0 Å². The van der Waals surface area contributed by atoms with Crippen LogP contribution in [0.5, 0.6) is 0 Å². The Labute approximate surface area is 87.7 Å². The molecule has 5 heteroatoms.